The van der Waals surface area contributed by atoms with Gasteiger partial charge in [0.15, 0.2) is 0 Å². The van der Waals surface area contributed by atoms with Crippen LogP contribution in [0, 0.1) is 11.8 Å². The number of anilines is 1. The number of hydrogen-bond acceptors (Lipinski definition) is 2. The van der Waals surface area contributed by atoms with E-state index in [4.69, 9.17) is 16.7 Å². The fourth-order valence-electron chi connectivity index (χ4n) is 1.27. The Morgan fingerprint density at radius 1 is 1.56 bits per heavy atom. The molecule has 1 rings (SSSR count). The molecule has 0 heterocycles. The smallest absolute Gasteiger partial charge is 0.339 e. The predicted octanol–water partition coefficient (Wildman–Crippen LogP) is 2.86. The number of nitrogens with one attached hydrogen (secondary N) is 1. The highest BCUT2D eigenvalue weighted by atomic mass is 35.5. The van der Waals surface area contributed by atoms with Crippen LogP contribution in [0.5, 0.6) is 0 Å². The SMILES string of the molecule is CC#CCCNc1cccc(Cl)c1C(=O)O. The summed E-state index contributed by atoms with van der Waals surface area (Å²) >= 11 is 5.82. The summed E-state index contributed by atoms with van der Waals surface area (Å²) in [5, 5.41) is 12.2. The van der Waals surface area contributed by atoms with Gasteiger partial charge in [0.25, 0.3) is 0 Å². The predicted molar refractivity (Wildman–Crippen MR) is 65.0 cm³/mol. The van der Waals surface area contributed by atoms with Crippen molar-refractivity contribution in [3.8, 4) is 11.8 Å². The van der Waals surface area contributed by atoms with Crippen molar-refractivity contribution in [1.29, 1.82) is 0 Å². The lowest BCUT2D eigenvalue weighted by atomic mass is 10.1. The molecule has 0 aliphatic heterocycles. The van der Waals surface area contributed by atoms with Crippen molar-refractivity contribution in [1.82, 2.24) is 0 Å². The first-order valence-electron chi connectivity index (χ1n) is 4.82. The number of carboxylic acids is 1. The van der Waals surface area contributed by atoms with Gasteiger partial charge in [0, 0.05) is 13.0 Å². The number of hydrogen-bond donors (Lipinski definition) is 2. The van der Waals surface area contributed by atoms with Crippen molar-refractivity contribution >= 4 is 23.3 Å². The average Bonchev–Trinajstić information content (AvgIpc) is 2.24. The van der Waals surface area contributed by atoms with E-state index < -0.39 is 5.97 Å². The fourth-order valence-corrected chi connectivity index (χ4v) is 1.53. The first-order valence-corrected chi connectivity index (χ1v) is 5.20. The third-order valence-corrected chi connectivity index (χ3v) is 2.28. The molecule has 0 radical (unpaired) electrons. The quantitative estimate of drug-likeness (QED) is 0.625. The maximum Gasteiger partial charge on any atom is 0.339 e. The lowest BCUT2D eigenvalue weighted by Crippen LogP contribution is -2.07. The molecule has 0 amide bonds. The van der Waals surface area contributed by atoms with E-state index in [1.54, 1.807) is 25.1 Å². The molecule has 4 heteroatoms. The third kappa shape index (κ3) is 3.18. The highest BCUT2D eigenvalue weighted by molar-refractivity contribution is 6.34. The van der Waals surface area contributed by atoms with Gasteiger partial charge in [0.2, 0.25) is 0 Å². The Morgan fingerprint density at radius 3 is 2.94 bits per heavy atom. The van der Waals surface area contributed by atoms with Gasteiger partial charge >= 0.3 is 5.97 Å². The van der Waals surface area contributed by atoms with Crippen LogP contribution in [0.15, 0.2) is 18.2 Å². The molecule has 16 heavy (non-hydrogen) atoms. The lowest BCUT2D eigenvalue weighted by molar-refractivity contribution is 0.0698. The second-order valence-corrected chi connectivity index (χ2v) is 3.48. The van der Waals surface area contributed by atoms with Gasteiger partial charge in [-0.15, -0.1) is 11.8 Å². The van der Waals surface area contributed by atoms with Gasteiger partial charge in [-0.25, -0.2) is 4.79 Å². The number of aromatic carboxylic acids is 1. The van der Waals surface area contributed by atoms with Crippen LogP contribution < -0.4 is 5.32 Å². The van der Waals surface area contributed by atoms with E-state index in [-0.39, 0.29) is 10.6 Å². The first-order chi connectivity index (χ1) is 7.66. The van der Waals surface area contributed by atoms with Crippen LogP contribution in [0.4, 0.5) is 5.69 Å². The number of rotatable bonds is 4. The normalized spacial score (nSPS) is 9.12. The summed E-state index contributed by atoms with van der Waals surface area (Å²) in [6, 6.07) is 4.96. The Kier molecular flexibility index (Phi) is 4.68. The maximum absolute atomic E-state index is 11.0. The van der Waals surface area contributed by atoms with E-state index in [1.807, 2.05) is 0 Å². The van der Waals surface area contributed by atoms with Gasteiger partial charge in [0.05, 0.1) is 10.7 Å². The largest absolute Gasteiger partial charge is 0.478 e. The molecular weight excluding hydrogens is 226 g/mol. The number of benzene rings is 1. The van der Waals surface area contributed by atoms with E-state index in [2.05, 4.69) is 17.2 Å². The molecule has 0 saturated heterocycles. The highest BCUT2D eigenvalue weighted by Gasteiger charge is 2.13. The lowest BCUT2D eigenvalue weighted by Gasteiger charge is -2.09. The van der Waals surface area contributed by atoms with E-state index in [0.29, 0.717) is 18.7 Å². The van der Waals surface area contributed by atoms with Gasteiger partial charge in [-0.05, 0) is 19.1 Å². The summed E-state index contributed by atoms with van der Waals surface area (Å²) in [7, 11) is 0. The monoisotopic (exact) mass is 237 g/mol. The van der Waals surface area contributed by atoms with Crippen LogP contribution in [0.1, 0.15) is 23.7 Å². The fraction of sp³-hybridized carbons (Fsp3) is 0.250. The minimum Gasteiger partial charge on any atom is -0.478 e. The number of carbonyl (C=O) groups is 1. The zero-order valence-corrected chi connectivity index (χ0v) is 9.64. The van der Waals surface area contributed by atoms with Crippen LogP contribution in [0.3, 0.4) is 0 Å². The van der Waals surface area contributed by atoms with Gasteiger partial charge in [-0.1, -0.05) is 17.7 Å². The Hall–Kier alpha value is -1.66. The molecule has 2 N–H and O–H groups in total. The molecule has 0 saturated carbocycles. The molecule has 0 spiro atoms. The second-order valence-electron chi connectivity index (χ2n) is 3.07. The minimum atomic E-state index is -1.03. The molecule has 0 aromatic heterocycles. The summed E-state index contributed by atoms with van der Waals surface area (Å²) in [6.07, 6.45) is 0.669. The molecule has 0 unspecified atom stereocenters. The summed E-state index contributed by atoms with van der Waals surface area (Å²) in [6.45, 7) is 2.36. The topological polar surface area (TPSA) is 49.3 Å². The van der Waals surface area contributed by atoms with Crippen molar-refractivity contribution in [2.75, 3.05) is 11.9 Å². The average molecular weight is 238 g/mol. The van der Waals surface area contributed by atoms with Crippen LogP contribution in [-0.4, -0.2) is 17.6 Å². The maximum atomic E-state index is 11.0. The highest BCUT2D eigenvalue weighted by Crippen LogP contribution is 2.24. The molecule has 0 bridgehead atoms. The van der Waals surface area contributed by atoms with Gasteiger partial charge in [-0.3, -0.25) is 0 Å². The van der Waals surface area contributed by atoms with Crippen molar-refractivity contribution in [2.24, 2.45) is 0 Å². The molecule has 1 aromatic carbocycles. The Bertz CT molecular complexity index is 446. The third-order valence-electron chi connectivity index (χ3n) is 1.97. The summed E-state index contributed by atoms with van der Waals surface area (Å²) in [5.74, 6) is 4.63. The molecule has 0 aliphatic carbocycles. The molecule has 84 valence electrons. The second kappa shape index (κ2) is 6.04. The number of carboxylic acid groups (broad SMARTS) is 1. The summed E-state index contributed by atoms with van der Waals surface area (Å²) < 4.78 is 0. The molecule has 1 aromatic rings. The standard InChI is InChI=1S/C12H12ClNO2/c1-2-3-4-8-14-10-7-5-6-9(13)11(10)12(15)16/h5-7,14H,4,8H2,1H3,(H,15,16). The van der Waals surface area contributed by atoms with Crippen LogP contribution in [0.2, 0.25) is 5.02 Å². The van der Waals surface area contributed by atoms with Crippen LogP contribution >= 0.6 is 11.6 Å². The first kappa shape index (κ1) is 12.4. The van der Waals surface area contributed by atoms with Crippen molar-refractivity contribution in [3.63, 3.8) is 0 Å². The van der Waals surface area contributed by atoms with Gasteiger partial charge < -0.3 is 10.4 Å². The van der Waals surface area contributed by atoms with E-state index in [1.165, 1.54) is 0 Å². The van der Waals surface area contributed by atoms with E-state index >= 15 is 0 Å². The van der Waals surface area contributed by atoms with Crippen LogP contribution in [-0.2, 0) is 0 Å². The van der Waals surface area contributed by atoms with Crippen molar-refractivity contribution < 1.29 is 9.90 Å². The van der Waals surface area contributed by atoms with Gasteiger partial charge in [0.1, 0.15) is 5.56 Å². The minimum absolute atomic E-state index is 0.105. The summed E-state index contributed by atoms with van der Waals surface area (Å²) in [5.41, 5.74) is 0.631. The van der Waals surface area contributed by atoms with E-state index in [0.717, 1.165) is 0 Å². The van der Waals surface area contributed by atoms with Crippen molar-refractivity contribution in [2.45, 2.75) is 13.3 Å². The molecule has 0 fully saturated rings. The zero-order valence-electron chi connectivity index (χ0n) is 8.88. The Morgan fingerprint density at radius 2 is 2.31 bits per heavy atom. The van der Waals surface area contributed by atoms with Gasteiger partial charge in [-0.2, -0.15) is 0 Å². The summed E-state index contributed by atoms with van der Waals surface area (Å²) in [4.78, 5) is 11.0. The molecule has 0 atom stereocenters. The van der Waals surface area contributed by atoms with E-state index in [9.17, 15) is 4.79 Å². The van der Waals surface area contributed by atoms with Crippen molar-refractivity contribution in [3.05, 3.63) is 28.8 Å². The number of halogens is 1. The Labute approximate surface area is 99.4 Å². The molecule has 0 aliphatic rings. The zero-order chi connectivity index (χ0) is 12.0. The Balaban J connectivity index is 2.81. The molecule has 3 nitrogen and oxygen atoms in total. The molecular formula is C12H12ClNO2. The van der Waals surface area contributed by atoms with Crippen LogP contribution in [0.25, 0.3) is 0 Å².